The van der Waals surface area contributed by atoms with E-state index in [4.69, 9.17) is 4.74 Å². The summed E-state index contributed by atoms with van der Waals surface area (Å²) in [7, 11) is 3.65. The molecule has 0 spiro atoms. The van der Waals surface area contributed by atoms with Gasteiger partial charge in [-0.1, -0.05) is 19.9 Å². The van der Waals surface area contributed by atoms with Crippen molar-refractivity contribution < 1.29 is 9.84 Å². The summed E-state index contributed by atoms with van der Waals surface area (Å²) in [5.74, 6) is 1.54. The minimum Gasteiger partial charge on any atom is -0.496 e. The molecule has 0 bridgehead atoms. The normalized spacial score (nSPS) is 14.5. The molecule has 2 unspecified atom stereocenters. The van der Waals surface area contributed by atoms with E-state index in [9.17, 15) is 5.11 Å². The zero-order valence-electron chi connectivity index (χ0n) is 12.9. The van der Waals surface area contributed by atoms with Crippen molar-refractivity contribution in [3.05, 3.63) is 28.8 Å². The fourth-order valence-corrected chi connectivity index (χ4v) is 2.67. The average molecular weight is 265 g/mol. The fourth-order valence-electron chi connectivity index (χ4n) is 2.67. The largest absolute Gasteiger partial charge is 0.496 e. The summed E-state index contributed by atoms with van der Waals surface area (Å²) >= 11 is 0. The van der Waals surface area contributed by atoms with Crippen molar-refractivity contribution in [1.82, 2.24) is 5.32 Å². The van der Waals surface area contributed by atoms with Gasteiger partial charge in [-0.05, 0) is 49.6 Å². The van der Waals surface area contributed by atoms with Crippen LogP contribution in [0.1, 0.15) is 36.6 Å². The molecule has 19 heavy (non-hydrogen) atoms. The molecule has 108 valence electrons. The standard InChI is InChI=1S/C16H27NO2/c1-10(2)14(9-18)16(17-5)13-7-12(4)15(19-6)8-11(13)3/h7-8,10,14,16-18H,9H2,1-6H3. The Morgan fingerprint density at radius 2 is 1.84 bits per heavy atom. The van der Waals surface area contributed by atoms with E-state index in [0.29, 0.717) is 5.92 Å². The van der Waals surface area contributed by atoms with Gasteiger partial charge in [-0.25, -0.2) is 0 Å². The van der Waals surface area contributed by atoms with Gasteiger partial charge < -0.3 is 15.2 Å². The molecule has 1 aromatic rings. The molecule has 0 saturated heterocycles. The first-order valence-electron chi connectivity index (χ1n) is 6.89. The molecule has 0 radical (unpaired) electrons. The first kappa shape index (κ1) is 16.0. The molecular formula is C16H27NO2. The first-order valence-corrected chi connectivity index (χ1v) is 6.89. The van der Waals surface area contributed by atoms with E-state index in [1.54, 1.807) is 7.11 Å². The van der Waals surface area contributed by atoms with Crippen LogP contribution in [0.5, 0.6) is 5.75 Å². The lowest BCUT2D eigenvalue weighted by atomic mass is 9.83. The van der Waals surface area contributed by atoms with Gasteiger partial charge in [0.05, 0.1) is 7.11 Å². The van der Waals surface area contributed by atoms with E-state index < -0.39 is 0 Å². The van der Waals surface area contributed by atoms with E-state index >= 15 is 0 Å². The number of benzene rings is 1. The summed E-state index contributed by atoms with van der Waals surface area (Å²) in [6.07, 6.45) is 0. The summed E-state index contributed by atoms with van der Waals surface area (Å²) < 4.78 is 5.36. The molecule has 0 amide bonds. The zero-order chi connectivity index (χ0) is 14.6. The topological polar surface area (TPSA) is 41.5 Å². The number of ether oxygens (including phenoxy) is 1. The number of aryl methyl sites for hydroxylation is 2. The van der Waals surface area contributed by atoms with Crippen LogP contribution in [0.15, 0.2) is 12.1 Å². The predicted octanol–water partition coefficient (Wildman–Crippen LogP) is 2.84. The van der Waals surface area contributed by atoms with Crippen molar-refractivity contribution in [2.24, 2.45) is 11.8 Å². The summed E-state index contributed by atoms with van der Waals surface area (Å²) in [5, 5.41) is 13.0. The Morgan fingerprint density at radius 3 is 2.26 bits per heavy atom. The molecule has 0 fully saturated rings. The Morgan fingerprint density at radius 1 is 1.21 bits per heavy atom. The molecule has 3 nitrogen and oxygen atoms in total. The first-order chi connectivity index (χ1) is 8.96. The number of aliphatic hydroxyl groups is 1. The van der Waals surface area contributed by atoms with Crippen molar-refractivity contribution in [3.63, 3.8) is 0 Å². The second-order valence-electron chi connectivity index (χ2n) is 5.54. The number of hydrogen-bond acceptors (Lipinski definition) is 3. The third-order valence-corrected chi connectivity index (χ3v) is 3.92. The minimum absolute atomic E-state index is 0.162. The summed E-state index contributed by atoms with van der Waals surface area (Å²) in [6.45, 7) is 8.63. The van der Waals surface area contributed by atoms with Crippen LogP contribution in [0.2, 0.25) is 0 Å². The monoisotopic (exact) mass is 265 g/mol. The highest BCUT2D eigenvalue weighted by Gasteiger charge is 2.25. The smallest absolute Gasteiger partial charge is 0.122 e. The van der Waals surface area contributed by atoms with Gasteiger partial charge in [0.2, 0.25) is 0 Å². The molecule has 1 aromatic carbocycles. The predicted molar refractivity (Wildman–Crippen MR) is 79.7 cm³/mol. The summed E-state index contributed by atoms with van der Waals surface area (Å²) in [5.41, 5.74) is 3.57. The van der Waals surface area contributed by atoms with Gasteiger partial charge in [0.1, 0.15) is 5.75 Å². The van der Waals surface area contributed by atoms with Gasteiger partial charge in [0.25, 0.3) is 0 Å². The van der Waals surface area contributed by atoms with Gasteiger partial charge in [0, 0.05) is 18.6 Å². The molecular weight excluding hydrogens is 238 g/mol. The van der Waals surface area contributed by atoms with E-state index in [2.05, 4.69) is 45.1 Å². The number of rotatable bonds is 6. The molecule has 0 saturated carbocycles. The molecule has 0 aromatic heterocycles. The average Bonchev–Trinajstić information content (AvgIpc) is 2.37. The maximum Gasteiger partial charge on any atom is 0.122 e. The number of nitrogens with one attached hydrogen (secondary N) is 1. The van der Waals surface area contributed by atoms with Gasteiger partial charge >= 0.3 is 0 Å². The number of aliphatic hydroxyl groups excluding tert-OH is 1. The molecule has 0 aliphatic heterocycles. The maximum absolute atomic E-state index is 9.66. The van der Waals surface area contributed by atoms with Crippen molar-refractivity contribution >= 4 is 0 Å². The minimum atomic E-state index is 0.162. The van der Waals surface area contributed by atoms with Gasteiger partial charge in [0.15, 0.2) is 0 Å². The maximum atomic E-state index is 9.66. The highest BCUT2D eigenvalue weighted by Crippen LogP contribution is 2.33. The lowest BCUT2D eigenvalue weighted by Gasteiger charge is -2.30. The SMILES string of the molecule is CNC(c1cc(C)c(OC)cc1C)C(CO)C(C)C. The number of methoxy groups -OCH3 is 1. The molecule has 0 heterocycles. The lowest BCUT2D eigenvalue weighted by Crippen LogP contribution is -2.31. The molecule has 2 atom stereocenters. The third kappa shape index (κ3) is 3.48. The van der Waals surface area contributed by atoms with E-state index in [-0.39, 0.29) is 18.6 Å². The number of hydrogen-bond donors (Lipinski definition) is 2. The fraction of sp³-hybridized carbons (Fsp3) is 0.625. The van der Waals surface area contributed by atoms with Crippen LogP contribution in [0.4, 0.5) is 0 Å². The van der Waals surface area contributed by atoms with Crippen LogP contribution in [0.25, 0.3) is 0 Å². The molecule has 2 N–H and O–H groups in total. The van der Waals surface area contributed by atoms with Crippen molar-refractivity contribution in [3.8, 4) is 5.75 Å². The van der Waals surface area contributed by atoms with E-state index in [1.165, 1.54) is 11.1 Å². The second-order valence-corrected chi connectivity index (χ2v) is 5.54. The Labute approximate surface area is 117 Å². The van der Waals surface area contributed by atoms with Crippen LogP contribution in [0, 0.1) is 25.7 Å². The Hall–Kier alpha value is -1.06. The second kappa shape index (κ2) is 6.92. The van der Waals surface area contributed by atoms with Crippen molar-refractivity contribution in [1.29, 1.82) is 0 Å². The quantitative estimate of drug-likeness (QED) is 0.831. The Balaban J connectivity index is 3.21. The van der Waals surface area contributed by atoms with Gasteiger partial charge in [-0.3, -0.25) is 0 Å². The highest BCUT2D eigenvalue weighted by atomic mass is 16.5. The molecule has 0 aliphatic carbocycles. The molecule has 1 rings (SSSR count). The summed E-state index contributed by atoms with van der Waals surface area (Å²) in [4.78, 5) is 0. The van der Waals surface area contributed by atoms with Crippen LogP contribution < -0.4 is 10.1 Å². The molecule has 3 heteroatoms. The van der Waals surface area contributed by atoms with Crippen LogP contribution in [-0.4, -0.2) is 25.9 Å². The molecule has 0 aliphatic rings. The zero-order valence-corrected chi connectivity index (χ0v) is 12.9. The lowest BCUT2D eigenvalue weighted by molar-refractivity contribution is 0.154. The van der Waals surface area contributed by atoms with Gasteiger partial charge in [-0.2, -0.15) is 0 Å². The van der Waals surface area contributed by atoms with Crippen LogP contribution in [0.3, 0.4) is 0 Å². The van der Waals surface area contributed by atoms with Crippen molar-refractivity contribution in [2.45, 2.75) is 33.7 Å². The van der Waals surface area contributed by atoms with Crippen LogP contribution >= 0.6 is 0 Å². The van der Waals surface area contributed by atoms with Gasteiger partial charge in [-0.15, -0.1) is 0 Å². The van der Waals surface area contributed by atoms with E-state index in [1.807, 2.05) is 7.05 Å². The third-order valence-electron chi connectivity index (χ3n) is 3.92. The Kier molecular flexibility index (Phi) is 5.83. The van der Waals surface area contributed by atoms with Crippen LogP contribution in [-0.2, 0) is 0 Å². The summed E-state index contributed by atoms with van der Waals surface area (Å²) in [6, 6.07) is 4.40. The van der Waals surface area contributed by atoms with Crippen molar-refractivity contribution in [2.75, 3.05) is 20.8 Å². The Bertz CT molecular complexity index is 415. The highest BCUT2D eigenvalue weighted by molar-refractivity contribution is 5.43. The van der Waals surface area contributed by atoms with E-state index in [0.717, 1.165) is 11.3 Å².